The van der Waals surface area contributed by atoms with E-state index in [4.69, 9.17) is 0 Å². The van der Waals surface area contributed by atoms with Gasteiger partial charge in [-0.05, 0) is 19.9 Å². The maximum Gasteiger partial charge on any atom is 0.0247 e. The Morgan fingerprint density at radius 3 is 2.80 bits per heavy atom. The summed E-state index contributed by atoms with van der Waals surface area (Å²) in [5, 5.41) is 3.55. The van der Waals surface area contributed by atoms with Crippen LogP contribution in [-0.2, 0) is 0 Å². The predicted molar refractivity (Wildman–Crippen MR) is 42.0 cm³/mol. The van der Waals surface area contributed by atoms with Crippen molar-refractivity contribution in [2.45, 2.75) is 37.9 Å². The van der Waals surface area contributed by atoms with E-state index in [1.807, 2.05) is 0 Å². The Labute approximate surface area is 62.6 Å². The predicted octanol–water partition coefficient (Wildman–Crippen LogP) is 0.441. The van der Waals surface area contributed by atoms with Gasteiger partial charge in [-0.3, -0.25) is 4.90 Å². The van der Waals surface area contributed by atoms with Crippen LogP contribution in [0.5, 0.6) is 0 Å². The fourth-order valence-electron chi connectivity index (χ4n) is 2.48. The molecule has 2 heterocycles. The summed E-state index contributed by atoms with van der Waals surface area (Å²) in [4.78, 5) is 2.54. The van der Waals surface area contributed by atoms with Gasteiger partial charge in [-0.15, -0.1) is 0 Å². The summed E-state index contributed by atoms with van der Waals surface area (Å²) in [6.45, 7) is 3.50. The minimum atomic E-state index is 0.806. The Morgan fingerprint density at radius 2 is 2.40 bits per heavy atom. The zero-order valence-electron chi connectivity index (χ0n) is 6.80. The van der Waals surface area contributed by atoms with Gasteiger partial charge in [0, 0.05) is 24.7 Å². The van der Waals surface area contributed by atoms with Crippen LogP contribution in [-0.4, -0.2) is 36.6 Å². The summed E-state index contributed by atoms with van der Waals surface area (Å²) >= 11 is 0. The largest absolute Gasteiger partial charge is 0.311 e. The molecule has 2 nitrogen and oxygen atoms in total. The Balaban J connectivity index is 2.10. The topological polar surface area (TPSA) is 15.3 Å². The summed E-state index contributed by atoms with van der Waals surface area (Å²) in [6.07, 6.45) is 2.68. The molecule has 0 saturated carbocycles. The van der Waals surface area contributed by atoms with E-state index in [1.54, 1.807) is 0 Å². The second-order valence-electron chi connectivity index (χ2n) is 3.55. The van der Waals surface area contributed by atoms with Crippen LogP contribution in [0.3, 0.4) is 0 Å². The highest BCUT2D eigenvalue weighted by molar-refractivity contribution is 5.02. The molecule has 2 heteroatoms. The van der Waals surface area contributed by atoms with Crippen molar-refractivity contribution < 1.29 is 0 Å². The first-order valence-electron chi connectivity index (χ1n) is 4.28. The molecule has 2 rings (SSSR count). The monoisotopic (exact) mass is 140 g/mol. The molecule has 0 aromatic rings. The number of hydrogen-bond donors (Lipinski definition) is 1. The average molecular weight is 140 g/mol. The van der Waals surface area contributed by atoms with Gasteiger partial charge in [-0.2, -0.15) is 0 Å². The van der Waals surface area contributed by atoms with Gasteiger partial charge in [-0.25, -0.2) is 0 Å². The summed E-state index contributed by atoms with van der Waals surface area (Å²) in [7, 11) is 2.26. The standard InChI is InChI=1S/C8H16N2/c1-3-8-7-4-6(5-9-7)10(8)2/h6-9H,3-5H2,1-2H3/t6-,7-,8-/m1/s1. The molecule has 2 bridgehead atoms. The molecule has 0 aromatic heterocycles. The van der Waals surface area contributed by atoms with Crippen LogP contribution < -0.4 is 5.32 Å². The van der Waals surface area contributed by atoms with Gasteiger partial charge in [0.2, 0.25) is 0 Å². The first-order chi connectivity index (χ1) is 4.83. The molecule has 10 heavy (non-hydrogen) atoms. The van der Waals surface area contributed by atoms with E-state index in [-0.39, 0.29) is 0 Å². The SMILES string of the molecule is CC[C@@H]1[C@H]2C[C@H](CN2)N1C. The van der Waals surface area contributed by atoms with E-state index in [0.29, 0.717) is 0 Å². The average Bonchev–Trinajstić information content (AvgIpc) is 2.46. The van der Waals surface area contributed by atoms with Crippen LogP contribution in [0.1, 0.15) is 19.8 Å². The summed E-state index contributed by atoms with van der Waals surface area (Å²) < 4.78 is 0. The third kappa shape index (κ3) is 0.722. The number of hydrogen-bond acceptors (Lipinski definition) is 2. The molecule has 1 N–H and O–H groups in total. The normalized spacial score (nSPS) is 46.8. The Bertz CT molecular complexity index is 133. The van der Waals surface area contributed by atoms with E-state index >= 15 is 0 Å². The maximum atomic E-state index is 3.55. The van der Waals surface area contributed by atoms with Crippen LogP contribution in [0.15, 0.2) is 0 Å². The molecule has 0 amide bonds. The van der Waals surface area contributed by atoms with Gasteiger partial charge >= 0.3 is 0 Å². The maximum absolute atomic E-state index is 3.55. The van der Waals surface area contributed by atoms with Crippen molar-refractivity contribution in [2.24, 2.45) is 0 Å². The lowest BCUT2D eigenvalue weighted by Crippen LogP contribution is -2.48. The number of nitrogens with zero attached hydrogens (tertiary/aromatic N) is 1. The molecule has 0 radical (unpaired) electrons. The Kier molecular flexibility index (Phi) is 1.46. The van der Waals surface area contributed by atoms with Gasteiger partial charge in [0.15, 0.2) is 0 Å². The molecule has 0 spiro atoms. The summed E-state index contributed by atoms with van der Waals surface area (Å²) in [6, 6.07) is 2.47. The highest BCUT2D eigenvalue weighted by Gasteiger charge is 2.42. The third-order valence-electron chi connectivity index (χ3n) is 3.12. The number of likely N-dealkylation sites (tertiary alicyclic amines) is 1. The van der Waals surface area contributed by atoms with E-state index in [0.717, 1.165) is 18.1 Å². The number of rotatable bonds is 1. The molecule has 2 saturated heterocycles. The van der Waals surface area contributed by atoms with Crippen LogP contribution >= 0.6 is 0 Å². The van der Waals surface area contributed by atoms with Crippen molar-refractivity contribution in [1.29, 1.82) is 0 Å². The zero-order valence-corrected chi connectivity index (χ0v) is 6.80. The molecule has 2 fully saturated rings. The molecule has 2 aliphatic rings. The third-order valence-corrected chi connectivity index (χ3v) is 3.12. The van der Waals surface area contributed by atoms with Crippen LogP contribution in [0.4, 0.5) is 0 Å². The fraction of sp³-hybridized carbons (Fsp3) is 1.00. The summed E-state index contributed by atoms with van der Waals surface area (Å²) in [5.74, 6) is 0. The van der Waals surface area contributed by atoms with E-state index in [1.165, 1.54) is 19.4 Å². The second-order valence-corrected chi connectivity index (χ2v) is 3.55. The molecule has 58 valence electrons. The molecular weight excluding hydrogens is 124 g/mol. The zero-order chi connectivity index (χ0) is 7.14. The van der Waals surface area contributed by atoms with Gasteiger partial charge < -0.3 is 5.32 Å². The molecule has 2 aliphatic heterocycles. The highest BCUT2D eigenvalue weighted by Crippen LogP contribution is 2.29. The van der Waals surface area contributed by atoms with E-state index in [2.05, 4.69) is 24.2 Å². The van der Waals surface area contributed by atoms with Crippen LogP contribution in [0.25, 0.3) is 0 Å². The quantitative estimate of drug-likeness (QED) is 0.568. The lowest BCUT2D eigenvalue weighted by molar-refractivity contribution is 0.188. The van der Waals surface area contributed by atoms with E-state index < -0.39 is 0 Å². The van der Waals surface area contributed by atoms with Gasteiger partial charge in [-0.1, -0.05) is 6.92 Å². The van der Waals surface area contributed by atoms with Crippen molar-refractivity contribution in [1.82, 2.24) is 10.2 Å². The van der Waals surface area contributed by atoms with Crippen molar-refractivity contribution in [2.75, 3.05) is 13.6 Å². The summed E-state index contributed by atoms with van der Waals surface area (Å²) in [5.41, 5.74) is 0. The lowest BCUT2D eigenvalue weighted by atomic mass is 10.1. The smallest absolute Gasteiger partial charge is 0.0247 e. The van der Waals surface area contributed by atoms with Gasteiger partial charge in [0.05, 0.1) is 0 Å². The molecule has 0 aromatic carbocycles. The van der Waals surface area contributed by atoms with Crippen molar-refractivity contribution in [3.63, 3.8) is 0 Å². The molecule has 3 atom stereocenters. The number of likely N-dealkylation sites (N-methyl/N-ethyl adjacent to an activating group) is 1. The molecule has 0 unspecified atom stereocenters. The van der Waals surface area contributed by atoms with Gasteiger partial charge in [0.25, 0.3) is 0 Å². The number of nitrogens with one attached hydrogen (secondary N) is 1. The van der Waals surface area contributed by atoms with Crippen LogP contribution in [0.2, 0.25) is 0 Å². The Morgan fingerprint density at radius 1 is 1.60 bits per heavy atom. The minimum Gasteiger partial charge on any atom is -0.311 e. The van der Waals surface area contributed by atoms with Gasteiger partial charge in [0.1, 0.15) is 0 Å². The highest BCUT2D eigenvalue weighted by atomic mass is 15.3. The number of fused-ring (bicyclic) bond motifs is 2. The fourth-order valence-corrected chi connectivity index (χ4v) is 2.48. The van der Waals surface area contributed by atoms with Crippen molar-refractivity contribution in [3.05, 3.63) is 0 Å². The first-order valence-corrected chi connectivity index (χ1v) is 4.28. The Hall–Kier alpha value is -0.0800. The lowest BCUT2D eigenvalue weighted by Gasteiger charge is -2.31. The van der Waals surface area contributed by atoms with Crippen LogP contribution in [0, 0.1) is 0 Å². The first kappa shape index (κ1) is 6.62. The molecular formula is C8H16N2. The number of piperazine rings is 1. The van der Waals surface area contributed by atoms with E-state index in [9.17, 15) is 0 Å². The minimum absolute atomic E-state index is 0.806. The molecule has 0 aliphatic carbocycles. The van der Waals surface area contributed by atoms with Crippen molar-refractivity contribution in [3.8, 4) is 0 Å². The second kappa shape index (κ2) is 2.21. The van der Waals surface area contributed by atoms with Crippen molar-refractivity contribution >= 4 is 0 Å².